The molecule has 1 heterocycles. The molecular formula is C16H24N2O. The number of carbonyl (C=O) groups is 1. The summed E-state index contributed by atoms with van der Waals surface area (Å²) in [5.74, 6) is 0.186. The minimum atomic E-state index is 0.186. The number of carbonyl (C=O) groups excluding carboxylic acids is 1. The Morgan fingerprint density at radius 3 is 2.32 bits per heavy atom. The van der Waals surface area contributed by atoms with Gasteiger partial charge in [0.2, 0.25) is 0 Å². The zero-order chi connectivity index (χ0) is 13.7. The largest absolute Gasteiger partial charge is 0.378 e. The first-order valence-electron chi connectivity index (χ1n) is 7.25. The molecular weight excluding hydrogens is 236 g/mol. The number of amides is 1. The zero-order valence-electron chi connectivity index (χ0n) is 12.1. The third-order valence-electron chi connectivity index (χ3n) is 3.75. The molecule has 0 unspecified atom stereocenters. The molecule has 1 amide bonds. The molecule has 0 atom stereocenters. The summed E-state index contributed by atoms with van der Waals surface area (Å²) >= 11 is 0. The Bertz CT molecular complexity index is 421. The van der Waals surface area contributed by atoms with Gasteiger partial charge in [-0.3, -0.25) is 4.79 Å². The van der Waals surface area contributed by atoms with Crippen LogP contribution in [0.3, 0.4) is 0 Å². The Balaban J connectivity index is 2.10. The lowest BCUT2D eigenvalue weighted by Crippen LogP contribution is -2.33. The molecule has 0 radical (unpaired) electrons. The van der Waals surface area contributed by atoms with Gasteiger partial charge in [-0.25, -0.2) is 0 Å². The second-order valence-electron chi connectivity index (χ2n) is 5.50. The number of hydrogen-bond donors (Lipinski definition) is 0. The number of benzene rings is 1. The maximum Gasteiger partial charge on any atom is 0.253 e. The minimum absolute atomic E-state index is 0.186. The SMILES string of the molecule is CN(C)c1cccc(C(=O)N2CCCCCCC2)c1. The highest BCUT2D eigenvalue weighted by Crippen LogP contribution is 2.17. The maximum atomic E-state index is 12.5. The Hall–Kier alpha value is -1.51. The van der Waals surface area contributed by atoms with Crippen molar-refractivity contribution in [3.63, 3.8) is 0 Å². The number of likely N-dealkylation sites (tertiary alicyclic amines) is 1. The van der Waals surface area contributed by atoms with E-state index in [4.69, 9.17) is 0 Å². The molecule has 3 heteroatoms. The van der Waals surface area contributed by atoms with Crippen molar-refractivity contribution < 1.29 is 4.79 Å². The fourth-order valence-corrected chi connectivity index (χ4v) is 2.55. The van der Waals surface area contributed by atoms with Gasteiger partial charge in [0.25, 0.3) is 5.91 Å². The molecule has 19 heavy (non-hydrogen) atoms. The molecule has 1 aliphatic rings. The van der Waals surface area contributed by atoms with Crippen LogP contribution in [0.4, 0.5) is 5.69 Å². The first-order valence-corrected chi connectivity index (χ1v) is 7.25. The zero-order valence-corrected chi connectivity index (χ0v) is 12.1. The molecule has 0 saturated carbocycles. The number of nitrogens with zero attached hydrogens (tertiary/aromatic N) is 2. The molecule has 1 aliphatic heterocycles. The van der Waals surface area contributed by atoms with Crippen LogP contribution in [0.25, 0.3) is 0 Å². The Kier molecular flexibility index (Phi) is 4.83. The van der Waals surface area contributed by atoms with Crippen LogP contribution in [0.5, 0.6) is 0 Å². The van der Waals surface area contributed by atoms with Crippen molar-refractivity contribution in [1.29, 1.82) is 0 Å². The van der Waals surface area contributed by atoms with Crippen LogP contribution in [-0.2, 0) is 0 Å². The average molecular weight is 260 g/mol. The molecule has 104 valence electrons. The van der Waals surface area contributed by atoms with Gasteiger partial charge in [0.1, 0.15) is 0 Å². The third-order valence-corrected chi connectivity index (χ3v) is 3.75. The van der Waals surface area contributed by atoms with Crippen molar-refractivity contribution in [2.75, 3.05) is 32.1 Å². The van der Waals surface area contributed by atoms with Crippen molar-refractivity contribution in [2.24, 2.45) is 0 Å². The fourth-order valence-electron chi connectivity index (χ4n) is 2.55. The maximum absolute atomic E-state index is 12.5. The molecule has 1 aromatic carbocycles. The van der Waals surface area contributed by atoms with Gasteiger partial charge >= 0.3 is 0 Å². The van der Waals surface area contributed by atoms with Gasteiger partial charge in [0, 0.05) is 38.4 Å². The molecule has 0 aliphatic carbocycles. The number of hydrogen-bond acceptors (Lipinski definition) is 2. The Morgan fingerprint density at radius 2 is 1.68 bits per heavy atom. The van der Waals surface area contributed by atoms with Crippen LogP contribution in [0.15, 0.2) is 24.3 Å². The summed E-state index contributed by atoms with van der Waals surface area (Å²) in [6.45, 7) is 1.82. The highest BCUT2D eigenvalue weighted by atomic mass is 16.2. The van der Waals surface area contributed by atoms with E-state index in [9.17, 15) is 4.79 Å². The van der Waals surface area contributed by atoms with E-state index in [2.05, 4.69) is 0 Å². The molecule has 0 spiro atoms. The van der Waals surface area contributed by atoms with Crippen LogP contribution in [0, 0.1) is 0 Å². The van der Waals surface area contributed by atoms with Gasteiger partial charge in [-0.05, 0) is 31.0 Å². The Labute approximate surface area is 116 Å². The van der Waals surface area contributed by atoms with E-state index in [-0.39, 0.29) is 5.91 Å². The lowest BCUT2D eigenvalue weighted by molar-refractivity contribution is 0.0742. The van der Waals surface area contributed by atoms with Crippen LogP contribution in [0.2, 0.25) is 0 Å². The number of rotatable bonds is 2. The highest BCUT2D eigenvalue weighted by Gasteiger charge is 2.16. The second-order valence-corrected chi connectivity index (χ2v) is 5.50. The number of anilines is 1. The van der Waals surface area contributed by atoms with E-state index in [1.54, 1.807) is 0 Å². The van der Waals surface area contributed by atoms with E-state index in [0.717, 1.165) is 37.2 Å². The molecule has 0 bridgehead atoms. The van der Waals surface area contributed by atoms with Crippen LogP contribution in [-0.4, -0.2) is 38.0 Å². The summed E-state index contributed by atoms with van der Waals surface area (Å²) < 4.78 is 0. The van der Waals surface area contributed by atoms with Crippen LogP contribution in [0.1, 0.15) is 42.5 Å². The normalized spacial score (nSPS) is 16.6. The van der Waals surface area contributed by atoms with Gasteiger partial charge < -0.3 is 9.80 Å². The first kappa shape index (κ1) is 13.9. The molecule has 0 aromatic heterocycles. The van der Waals surface area contributed by atoms with Crippen molar-refractivity contribution in [3.8, 4) is 0 Å². The molecule has 1 fully saturated rings. The molecule has 1 aromatic rings. The molecule has 3 nitrogen and oxygen atoms in total. The summed E-state index contributed by atoms with van der Waals surface area (Å²) in [5.41, 5.74) is 1.89. The summed E-state index contributed by atoms with van der Waals surface area (Å²) in [6, 6.07) is 7.91. The van der Waals surface area contributed by atoms with E-state index in [1.807, 2.05) is 48.2 Å². The van der Waals surface area contributed by atoms with Crippen molar-refractivity contribution >= 4 is 11.6 Å². The summed E-state index contributed by atoms with van der Waals surface area (Å²) in [4.78, 5) is 16.6. The van der Waals surface area contributed by atoms with E-state index < -0.39 is 0 Å². The van der Waals surface area contributed by atoms with Crippen LogP contribution < -0.4 is 4.90 Å². The van der Waals surface area contributed by atoms with E-state index in [0.29, 0.717) is 0 Å². The van der Waals surface area contributed by atoms with Crippen molar-refractivity contribution in [3.05, 3.63) is 29.8 Å². The van der Waals surface area contributed by atoms with Crippen molar-refractivity contribution in [1.82, 2.24) is 4.90 Å². The van der Waals surface area contributed by atoms with Gasteiger partial charge in [-0.1, -0.05) is 25.3 Å². The molecule has 2 rings (SSSR count). The van der Waals surface area contributed by atoms with Gasteiger partial charge in [0.15, 0.2) is 0 Å². The minimum Gasteiger partial charge on any atom is -0.378 e. The summed E-state index contributed by atoms with van der Waals surface area (Å²) in [7, 11) is 4.00. The summed E-state index contributed by atoms with van der Waals surface area (Å²) in [6.07, 6.45) is 6.10. The predicted octanol–water partition coefficient (Wildman–Crippen LogP) is 3.16. The fraction of sp³-hybridized carbons (Fsp3) is 0.562. The Morgan fingerprint density at radius 1 is 1.05 bits per heavy atom. The monoisotopic (exact) mass is 260 g/mol. The average Bonchev–Trinajstić information content (AvgIpc) is 2.38. The van der Waals surface area contributed by atoms with Crippen LogP contribution >= 0.6 is 0 Å². The third kappa shape index (κ3) is 3.72. The lowest BCUT2D eigenvalue weighted by atomic mass is 10.1. The van der Waals surface area contributed by atoms with E-state index in [1.165, 1.54) is 19.3 Å². The lowest BCUT2D eigenvalue weighted by Gasteiger charge is -2.25. The van der Waals surface area contributed by atoms with Crippen molar-refractivity contribution in [2.45, 2.75) is 32.1 Å². The quantitative estimate of drug-likeness (QED) is 0.815. The highest BCUT2D eigenvalue weighted by molar-refractivity contribution is 5.95. The van der Waals surface area contributed by atoms with E-state index >= 15 is 0 Å². The first-order chi connectivity index (χ1) is 9.18. The van der Waals surface area contributed by atoms with Gasteiger partial charge in [-0.15, -0.1) is 0 Å². The van der Waals surface area contributed by atoms with Gasteiger partial charge in [0.05, 0.1) is 0 Å². The summed E-state index contributed by atoms with van der Waals surface area (Å²) in [5, 5.41) is 0. The predicted molar refractivity (Wildman–Crippen MR) is 79.8 cm³/mol. The molecule has 1 saturated heterocycles. The molecule has 0 N–H and O–H groups in total. The standard InChI is InChI=1S/C16H24N2O/c1-17(2)15-10-8-9-14(13-15)16(19)18-11-6-4-3-5-7-12-18/h8-10,13H,3-7,11-12H2,1-2H3. The smallest absolute Gasteiger partial charge is 0.253 e. The second kappa shape index (κ2) is 6.60. The topological polar surface area (TPSA) is 23.6 Å². The van der Waals surface area contributed by atoms with Gasteiger partial charge in [-0.2, -0.15) is 0 Å².